The predicted molar refractivity (Wildman–Crippen MR) is 110 cm³/mol. The van der Waals surface area contributed by atoms with Gasteiger partial charge in [0.2, 0.25) is 0 Å². The van der Waals surface area contributed by atoms with Gasteiger partial charge in [0.25, 0.3) is 0 Å². The average Bonchev–Trinajstić information content (AvgIpc) is 3.07. The first-order valence-corrected chi connectivity index (χ1v) is 10.7. The van der Waals surface area contributed by atoms with E-state index in [1.54, 1.807) is 0 Å². The first kappa shape index (κ1) is 16.2. The molecular weight excluding hydrogens is 357 g/mol. The smallest absolute Gasteiger partial charge is 0.124 e. The maximum Gasteiger partial charge on any atom is 0.124 e. The molecule has 160 valence electrons. The molecule has 3 heterocycles. The number of likely N-dealkylation sites (N-methyl/N-ethyl adjacent to an activating group) is 1. The molecule has 28 heavy (non-hydrogen) atoms. The summed E-state index contributed by atoms with van der Waals surface area (Å²) in [6, 6.07) is -0.540. The lowest BCUT2D eigenvalue weighted by atomic mass is 9.71. The van der Waals surface area contributed by atoms with E-state index in [1.807, 2.05) is 0 Å². The Bertz CT molecular complexity index is 669. The van der Waals surface area contributed by atoms with Gasteiger partial charge < -0.3 is 15.0 Å². The number of ether oxygens (including phenoxy) is 1. The second kappa shape index (κ2) is 9.06. The Morgan fingerprint density at radius 1 is 1.36 bits per heavy atom. The van der Waals surface area contributed by atoms with Gasteiger partial charge in [0.15, 0.2) is 0 Å². The van der Waals surface area contributed by atoms with Crippen molar-refractivity contribution in [2.24, 2.45) is 11.8 Å². The van der Waals surface area contributed by atoms with Gasteiger partial charge in [0, 0.05) is 36.6 Å². The Hall–Kier alpha value is -0.570. The van der Waals surface area contributed by atoms with E-state index >= 15 is 4.39 Å². The molecule has 0 bridgehead atoms. The van der Waals surface area contributed by atoms with E-state index in [4.69, 9.17) is 10.2 Å². The van der Waals surface area contributed by atoms with Gasteiger partial charge in [-0.2, -0.15) is 0 Å². The monoisotopic (exact) mass is 399 g/mol. The number of rotatable bonds is 4. The average molecular weight is 400 g/mol. The summed E-state index contributed by atoms with van der Waals surface area (Å²) in [4.78, 5) is 2.26. The Labute approximate surface area is 174 Å². The van der Waals surface area contributed by atoms with Crippen molar-refractivity contribution >= 4 is 0 Å². The molecule has 0 amide bonds. The third kappa shape index (κ3) is 4.45. The van der Waals surface area contributed by atoms with Crippen LogP contribution in [0.4, 0.5) is 4.39 Å². The standard InChI is InChI=1S/C21H38FN5O/c1-13-11-17(23-2)26-21(24-13)25-16-12-15-7-10-28-20(15)18(19(16)22)14-5-4-8-27(3)9-6-14/h6,13,15-21,23-26H,4-5,7-12H2,1-3H3/i1D,2D3. The number of alkyl halides is 1. The Balaban J connectivity index is 1.47. The second-order valence-electron chi connectivity index (χ2n) is 8.90. The minimum atomic E-state index is -2.28. The zero-order chi connectivity index (χ0) is 22.9. The van der Waals surface area contributed by atoms with Gasteiger partial charge in [-0.25, -0.2) is 4.39 Å². The van der Waals surface area contributed by atoms with Crippen molar-refractivity contribution < 1.29 is 14.6 Å². The van der Waals surface area contributed by atoms with E-state index in [9.17, 15) is 0 Å². The lowest BCUT2D eigenvalue weighted by molar-refractivity contribution is -0.0262. The largest absolute Gasteiger partial charge is 0.377 e. The van der Waals surface area contributed by atoms with Crippen LogP contribution < -0.4 is 21.3 Å². The number of nitrogens with one attached hydrogen (secondary N) is 4. The summed E-state index contributed by atoms with van der Waals surface area (Å²) in [6.45, 7) is 0.391. The van der Waals surface area contributed by atoms with Crippen molar-refractivity contribution in [1.82, 2.24) is 26.2 Å². The molecule has 1 saturated carbocycles. The fourth-order valence-corrected chi connectivity index (χ4v) is 5.41. The Morgan fingerprint density at radius 2 is 2.29 bits per heavy atom. The molecular formula is C21H38FN5O. The van der Waals surface area contributed by atoms with Crippen LogP contribution in [0.25, 0.3) is 0 Å². The number of fused-ring (bicyclic) bond motifs is 1. The highest BCUT2D eigenvalue weighted by Gasteiger charge is 2.49. The summed E-state index contributed by atoms with van der Waals surface area (Å²) < 4.78 is 52.4. The van der Waals surface area contributed by atoms with Crippen LogP contribution in [0.2, 0.25) is 0 Å². The topological polar surface area (TPSA) is 60.6 Å². The fraction of sp³-hybridized carbons (Fsp3) is 0.905. The Kier molecular flexibility index (Phi) is 5.23. The number of hydrogen-bond donors (Lipinski definition) is 4. The number of nitrogens with zero attached hydrogens (tertiary/aromatic N) is 1. The van der Waals surface area contributed by atoms with E-state index in [0.29, 0.717) is 25.4 Å². The van der Waals surface area contributed by atoms with Crippen molar-refractivity contribution in [3.8, 4) is 0 Å². The summed E-state index contributed by atoms with van der Waals surface area (Å²) >= 11 is 0. The van der Waals surface area contributed by atoms with E-state index < -0.39 is 25.6 Å². The maximum absolute atomic E-state index is 16.1. The van der Waals surface area contributed by atoms with Crippen LogP contribution in [0, 0.1) is 11.8 Å². The molecule has 4 N–H and O–H groups in total. The van der Waals surface area contributed by atoms with Crippen molar-refractivity contribution in [3.63, 3.8) is 0 Å². The highest BCUT2D eigenvalue weighted by atomic mass is 19.1. The molecule has 2 saturated heterocycles. The molecule has 4 rings (SSSR count). The van der Waals surface area contributed by atoms with Gasteiger partial charge in [0.05, 0.1) is 12.3 Å². The van der Waals surface area contributed by atoms with E-state index in [2.05, 4.69) is 39.3 Å². The van der Waals surface area contributed by atoms with Crippen LogP contribution in [0.3, 0.4) is 0 Å². The van der Waals surface area contributed by atoms with Gasteiger partial charge in [-0.15, -0.1) is 0 Å². The van der Waals surface area contributed by atoms with Crippen LogP contribution >= 0.6 is 0 Å². The highest BCUT2D eigenvalue weighted by molar-refractivity contribution is 5.18. The zero-order valence-electron chi connectivity index (χ0n) is 20.8. The predicted octanol–water partition coefficient (Wildman–Crippen LogP) is 1.16. The summed E-state index contributed by atoms with van der Waals surface area (Å²) in [7, 11) is 2.10. The summed E-state index contributed by atoms with van der Waals surface area (Å²) in [6.07, 6.45) is 4.17. The van der Waals surface area contributed by atoms with Crippen molar-refractivity contribution in [3.05, 3.63) is 11.6 Å². The van der Waals surface area contributed by atoms with Gasteiger partial charge in [0.1, 0.15) is 12.5 Å². The summed E-state index contributed by atoms with van der Waals surface area (Å²) in [5.41, 5.74) is 1.18. The third-order valence-electron chi connectivity index (χ3n) is 6.85. The van der Waals surface area contributed by atoms with Gasteiger partial charge in [-0.05, 0) is 65.5 Å². The molecule has 0 spiro atoms. The molecule has 7 heteroatoms. The number of hydrogen-bond acceptors (Lipinski definition) is 6. The van der Waals surface area contributed by atoms with Crippen molar-refractivity contribution in [2.75, 3.05) is 33.7 Å². The molecule has 4 aliphatic rings. The fourth-order valence-electron chi connectivity index (χ4n) is 5.41. The molecule has 0 aromatic carbocycles. The van der Waals surface area contributed by atoms with Gasteiger partial charge in [-0.3, -0.25) is 16.0 Å². The normalized spacial score (nSPS) is 47.9. The number of halogens is 1. The lowest BCUT2D eigenvalue weighted by Crippen LogP contribution is -2.69. The highest BCUT2D eigenvalue weighted by Crippen LogP contribution is 2.44. The third-order valence-corrected chi connectivity index (χ3v) is 6.85. The maximum atomic E-state index is 16.1. The first-order valence-electron chi connectivity index (χ1n) is 12.9. The summed E-state index contributed by atoms with van der Waals surface area (Å²) in [5, 5.41) is 12.5. The molecule has 8 unspecified atom stereocenters. The van der Waals surface area contributed by atoms with Gasteiger partial charge in [-0.1, -0.05) is 11.6 Å². The van der Waals surface area contributed by atoms with Crippen molar-refractivity contribution in [2.45, 2.75) is 75.8 Å². The van der Waals surface area contributed by atoms with E-state index in [-0.39, 0.29) is 31.0 Å². The molecule has 8 atom stereocenters. The van der Waals surface area contributed by atoms with Crippen LogP contribution in [0.5, 0.6) is 0 Å². The molecule has 3 fully saturated rings. The summed E-state index contributed by atoms with van der Waals surface area (Å²) in [5.74, 6) is 0.0744. The van der Waals surface area contributed by atoms with Crippen LogP contribution in [0.15, 0.2) is 11.6 Å². The van der Waals surface area contributed by atoms with Gasteiger partial charge >= 0.3 is 0 Å². The molecule has 6 nitrogen and oxygen atoms in total. The molecule has 0 aromatic rings. The SMILES string of the molecule is [2H]CC1CC(NC([2H])([2H])[2H])NC(NC2CC3CCOC3C(C3=CCN(C)CCC3)C2F)N1. The molecule has 0 radical (unpaired) electrons. The van der Waals surface area contributed by atoms with E-state index in [0.717, 1.165) is 32.4 Å². The minimum absolute atomic E-state index is 0.0593. The lowest BCUT2D eigenvalue weighted by Gasteiger charge is -2.45. The molecule has 3 aliphatic heterocycles. The second-order valence-corrected chi connectivity index (χ2v) is 8.90. The van der Waals surface area contributed by atoms with Crippen LogP contribution in [-0.2, 0) is 4.74 Å². The van der Waals surface area contributed by atoms with E-state index in [1.165, 1.54) is 5.57 Å². The van der Waals surface area contributed by atoms with Crippen LogP contribution in [0.1, 0.15) is 44.5 Å². The quantitative estimate of drug-likeness (QED) is 0.533. The minimum Gasteiger partial charge on any atom is -0.377 e. The molecule has 0 aromatic heterocycles. The van der Waals surface area contributed by atoms with Crippen molar-refractivity contribution in [1.29, 1.82) is 0 Å². The molecule has 1 aliphatic carbocycles. The Morgan fingerprint density at radius 3 is 3.14 bits per heavy atom. The van der Waals surface area contributed by atoms with Crippen LogP contribution in [-0.4, -0.2) is 75.4 Å². The zero-order valence-corrected chi connectivity index (χ0v) is 16.8. The first-order chi connectivity index (χ1) is 15.2.